The molecule has 1 unspecified atom stereocenters. The predicted molar refractivity (Wildman–Crippen MR) is 89.5 cm³/mol. The zero-order valence-corrected chi connectivity index (χ0v) is 13.7. The van der Waals surface area contributed by atoms with Gasteiger partial charge in [-0.3, -0.25) is 4.79 Å². The molecule has 2 aromatic rings. The van der Waals surface area contributed by atoms with Crippen molar-refractivity contribution in [3.8, 4) is 0 Å². The Labute approximate surface area is 137 Å². The van der Waals surface area contributed by atoms with Crippen molar-refractivity contribution in [2.24, 2.45) is 5.92 Å². The minimum absolute atomic E-state index is 0.0503. The lowest BCUT2D eigenvalue weighted by Crippen LogP contribution is -2.35. The third-order valence-corrected chi connectivity index (χ3v) is 4.46. The highest BCUT2D eigenvalue weighted by Gasteiger charge is 2.23. The van der Waals surface area contributed by atoms with Crippen LogP contribution in [0.4, 0.5) is 0 Å². The van der Waals surface area contributed by atoms with E-state index in [0.29, 0.717) is 12.2 Å². The van der Waals surface area contributed by atoms with Crippen LogP contribution in [0.2, 0.25) is 0 Å². The standard InChI is InChI=1S/C19H24N2O2/c1-15(14-21-10-6-3-7-11-21)19(22)18-13-17(20-23-18)12-16-8-4-2-5-9-16/h2,4-5,8-9,13,15H,3,6-7,10-12,14H2,1H3. The molecule has 2 heterocycles. The molecule has 0 saturated carbocycles. The quantitative estimate of drug-likeness (QED) is 0.765. The van der Waals surface area contributed by atoms with Crippen molar-refractivity contribution in [2.45, 2.75) is 32.6 Å². The Morgan fingerprint density at radius 2 is 1.96 bits per heavy atom. The number of hydrogen-bond acceptors (Lipinski definition) is 4. The van der Waals surface area contributed by atoms with Crippen molar-refractivity contribution in [2.75, 3.05) is 19.6 Å². The molecule has 3 rings (SSSR count). The Hall–Kier alpha value is -1.94. The SMILES string of the molecule is CC(CN1CCCCC1)C(=O)c1cc(Cc2ccccc2)no1. The number of carbonyl (C=O) groups is 1. The van der Waals surface area contributed by atoms with Crippen molar-refractivity contribution in [3.05, 3.63) is 53.4 Å². The maximum atomic E-state index is 12.5. The Kier molecular flexibility index (Phi) is 5.23. The summed E-state index contributed by atoms with van der Waals surface area (Å²) >= 11 is 0. The molecule has 0 radical (unpaired) electrons. The van der Waals surface area contributed by atoms with Crippen LogP contribution >= 0.6 is 0 Å². The monoisotopic (exact) mass is 312 g/mol. The largest absolute Gasteiger partial charge is 0.353 e. The van der Waals surface area contributed by atoms with Gasteiger partial charge in [0.05, 0.1) is 5.69 Å². The van der Waals surface area contributed by atoms with Crippen LogP contribution in [0.3, 0.4) is 0 Å². The van der Waals surface area contributed by atoms with Crippen LogP contribution in [0.1, 0.15) is 48.0 Å². The molecule has 1 atom stereocenters. The molecule has 1 fully saturated rings. The molecular weight excluding hydrogens is 288 g/mol. The van der Waals surface area contributed by atoms with E-state index in [1.54, 1.807) is 6.07 Å². The molecule has 1 saturated heterocycles. The molecule has 1 aromatic heterocycles. The number of Topliss-reactive ketones (excluding diaryl/α,β-unsaturated/α-hetero) is 1. The lowest BCUT2D eigenvalue weighted by Gasteiger charge is -2.28. The van der Waals surface area contributed by atoms with E-state index in [1.165, 1.54) is 24.8 Å². The number of likely N-dealkylation sites (tertiary alicyclic amines) is 1. The number of hydrogen-bond donors (Lipinski definition) is 0. The highest BCUT2D eigenvalue weighted by atomic mass is 16.5. The van der Waals surface area contributed by atoms with Gasteiger partial charge in [0, 0.05) is 24.9 Å². The second-order valence-electron chi connectivity index (χ2n) is 6.47. The van der Waals surface area contributed by atoms with Crippen LogP contribution in [0.5, 0.6) is 0 Å². The van der Waals surface area contributed by atoms with E-state index < -0.39 is 0 Å². The lowest BCUT2D eigenvalue weighted by atomic mass is 10.0. The van der Waals surface area contributed by atoms with Gasteiger partial charge in [-0.1, -0.05) is 48.8 Å². The summed E-state index contributed by atoms with van der Waals surface area (Å²) < 4.78 is 5.29. The van der Waals surface area contributed by atoms with Crippen molar-refractivity contribution < 1.29 is 9.32 Å². The van der Waals surface area contributed by atoms with Crippen LogP contribution in [-0.4, -0.2) is 35.5 Å². The van der Waals surface area contributed by atoms with Gasteiger partial charge in [0.1, 0.15) is 0 Å². The maximum absolute atomic E-state index is 12.5. The molecule has 0 N–H and O–H groups in total. The van der Waals surface area contributed by atoms with Crippen molar-refractivity contribution in [1.82, 2.24) is 10.1 Å². The summed E-state index contributed by atoms with van der Waals surface area (Å²) in [5.74, 6) is 0.397. The highest BCUT2D eigenvalue weighted by Crippen LogP contribution is 2.16. The number of ketones is 1. The van der Waals surface area contributed by atoms with Gasteiger partial charge in [-0.25, -0.2) is 0 Å². The molecule has 0 amide bonds. The summed E-state index contributed by atoms with van der Waals surface area (Å²) in [6, 6.07) is 11.9. The minimum Gasteiger partial charge on any atom is -0.353 e. The number of nitrogens with zero attached hydrogens (tertiary/aromatic N) is 2. The second-order valence-corrected chi connectivity index (χ2v) is 6.47. The first-order valence-corrected chi connectivity index (χ1v) is 8.48. The molecule has 1 aromatic carbocycles. The van der Waals surface area contributed by atoms with E-state index >= 15 is 0 Å². The number of benzene rings is 1. The van der Waals surface area contributed by atoms with Crippen molar-refractivity contribution >= 4 is 5.78 Å². The first-order chi connectivity index (χ1) is 11.2. The number of rotatable bonds is 6. The van der Waals surface area contributed by atoms with Crippen LogP contribution in [0, 0.1) is 5.92 Å². The molecule has 0 aliphatic carbocycles. The first-order valence-electron chi connectivity index (χ1n) is 8.48. The van der Waals surface area contributed by atoms with Gasteiger partial charge in [-0.05, 0) is 31.5 Å². The summed E-state index contributed by atoms with van der Waals surface area (Å²) in [6.07, 6.45) is 4.48. The molecule has 1 aliphatic rings. The summed E-state index contributed by atoms with van der Waals surface area (Å²) in [7, 11) is 0. The lowest BCUT2D eigenvalue weighted by molar-refractivity contribution is 0.0846. The average molecular weight is 312 g/mol. The van der Waals surface area contributed by atoms with E-state index in [-0.39, 0.29) is 11.7 Å². The number of piperidine rings is 1. The van der Waals surface area contributed by atoms with Gasteiger partial charge in [0.2, 0.25) is 11.5 Å². The van der Waals surface area contributed by atoms with Gasteiger partial charge in [-0.2, -0.15) is 0 Å². The van der Waals surface area contributed by atoms with Crippen LogP contribution < -0.4 is 0 Å². The van der Waals surface area contributed by atoms with E-state index in [4.69, 9.17) is 4.52 Å². The highest BCUT2D eigenvalue weighted by molar-refractivity contribution is 5.95. The Balaban J connectivity index is 1.59. The number of aromatic nitrogens is 1. The summed E-state index contributed by atoms with van der Waals surface area (Å²) in [6.45, 7) is 5.00. The topological polar surface area (TPSA) is 46.3 Å². The molecule has 0 bridgehead atoms. The first kappa shape index (κ1) is 15.9. The molecule has 23 heavy (non-hydrogen) atoms. The molecule has 4 heteroatoms. The number of carbonyl (C=O) groups excluding carboxylic acids is 1. The normalized spacial score (nSPS) is 17.1. The van der Waals surface area contributed by atoms with E-state index in [2.05, 4.69) is 22.2 Å². The van der Waals surface area contributed by atoms with E-state index in [0.717, 1.165) is 25.3 Å². The van der Waals surface area contributed by atoms with Gasteiger partial charge in [0.25, 0.3) is 0 Å². The Bertz CT molecular complexity index is 630. The molecule has 4 nitrogen and oxygen atoms in total. The van der Waals surface area contributed by atoms with E-state index in [1.807, 2.05) is 25.1 Å². The van der Waals surface area contributed by atoms with Gasteiger partial charge in [0.15, 0.2) is 0 Å². The zero-order valence-electron chi connectivity index (χ0n) is 13.7. The summed E-state index contributed by atoms with van der Waals surface area (Å²) in [5, 5.41) is 4.05. The summed E-state index contributed by atoms with van der Waals surface area (Å²) in [5.41, 5.74) is 1.98. The fourth-order valence-electron chi connectivity index (χ4n) is 3.17. The second kappa shape index (κ2) is 7.55. The summed E-state index contributed by atoms with van der Waals surface area (Å²) in [4.78, 5) is 14.9. The van der Waals surface area contributed by atoms with Gasteiger partial charge >= 0.3 is 0 Å². The smallest absolute Gasteiger partial charge is 0.204 e. The van der Waals surface area contributed by atoms with Crippen molar-refractivity contribution in [1.29, 1.82) is 0 Å². The molecule has 0 spiro atoms. The maximum Gasteiger partial charge on any atom is 0.204 e. The molecular formula is C19H24N2O2. The van der Waals surface area contributed by atoms with Gasteiger partial charge < -0.3 is 9.42 Å². The van der Waals surface area contributed by atoms with Crippen molar-refractivity contribution in [3.63, 3.8) is 0 Å². The molecule has 122 valence electrons. The van der Waals surface area contributed by atoms with Crippen LogP contribution in [-0.2, 0) is 6.42 Å². The Morgan fingerprint density at radius 3 is 2.70 bits per heavy atom. The Morgan fingerprint density at radius 1 is 1.22 bits per heavy atom. The third-order valence-electron chi connectivity index (χ3n) is 4.46. The predicted octanol–water partition coefficient (Wildman–Crippen LogP) is 3.57. The van der Waals surface area contributed by atoms with Crippen LogP contribution in [0.15, 0.2) is 40.9 Å². The minimum atomic E-state index is -0.0503. The fourth-order valence-corrected chi connectivity index (χ4v) is 3.17. The molecule has 1 aliphatic heterocycles. The van der Waals surface area contributed by atoms with Crippen LogP contribution in [0.25, 0.3) is 0 Å². The zero-order chi connectivity index (χ0) is 16.1. The average Bonchev–Trinajstić information content (AvgIpc) is 3.04. The third kappa shape index (κ3) is 4.29. The van der Waals surface area contributed by atoms with Gasteiger partial charge in [-0.15, -0.1) is 0 Å². The van der Waals surface area contributed by atoms with E-state index in [9.17, 15) is 4.79 Å². The fraction of sp³-hybridized carbons (Fsp3) is 0.474.